The van der Waals surface area contributed by atoms with E-state index in [0.717, 1.165) is 6.26 Å². The van der Waals surface area contributed by atoms with Crippen LogP contribution >= 0.6 is 0 Å². The molecule has 0 aromatic heterocycles. The molecule has 0 saturated heterocycles. The van der Waals surface area contributed by atoms with E-state index < -0.39 is 26.7 Å². The van der Waals surface area contributed by atoms with E-state index in [-0.39, 0.29) is 12.4 Å². The van der Waals surface area contributed by atoms with Gasteiger partial charge in [0.1, 0.15) is 11.5 Å². The number of hydrogen-bond donors (Lipinski definition) is 1. The SMILES string of the molecule is C[C@H](O)COc1cccc(S(C)(=O)=O)c1F. The van der Waals surface area contributed by atoms with Crippen LogP contribution in [0, 0.1) is 5.82 Å². The molecule has 1 atom stereocenters. The number of rotatable bonds is 4. The number of aliphatic hydroxyl groups is 1. The molecule has 0 radical (unpaired) electrons. The van der Waals surface area contributed by atoms with Gasteiger partial charge in [0.05, 0.1) is 6.10 Å². The quantitative estimate of drug-likeness (QED) is 0.863. The third-order valence-corrected chi connectivity index (χ3v) is 2.92. The van der Waals surface area contributed by atoms with Crippen LogP contribution in [0.4, 0.5) is 4.39 Å². The van der Waals surface area contributed by atoms with Crippen molar-refractivity contribution in [1.29, 1.82) is 0 Å². The Bertz CT molecular complexity index is 468. The average molecular weight is 248 g/mol. The van der Waals surface area contributed by atoms with Gasteiger partial charge in [0, 0.05) is 6.26 Å². The molecule has 0 unspecified atom stereocenters. The zero-order chi connectivity index (χ0) is 12.3. The fourth-order valence-corrected chi connectivity index (χ4v) is 1.85. The van der Waals surface area contributed by atoms with Crippen LogP contribution in [0.15, 0.2) is 23.1 Å². The van der Waals surface area contributed by atoms with E-state index in [2.05, 4.69) is 0 Å². The second-order valence-electron chi connectivity index (χ2n) is 3.50. The van der Waals surface area contributed by atoms with E-state index in [1.165, 1.54) is 25.1 Å². The van der Waals surface area contributed by atoms with Crippen molar-refractivity contribution >= 4 is 9.84 Å². The first-order valence-electron chi connectivity index (χ1n) is 4.62. The van der Waals surface area contributed by atoms with Crippen molar-refractivity contribution in [3.63, 3.8) is 0 Å². The summed E-state index contributed by atoms with van der Waals surface area (Å²) in [5.41, 5.74) is 0. The summed E-state index contributed by atoms with van der Waals surface area (Å²) >= 11 is 0. The molecule has 6 heteroatoms. The standard InChI is InChI=1S/C10H13FO4S/c1-7(12)6-15-8-4-3-5-9(10(8)11)16(2,13)14/h3-5,7,12H,6H2,1-2H3/t7-/m0/s1. The predicted octanol–water partition coefficient (Wildman–Crippen LogP) is 0.989. The van der Waals surface area contributed by atoms with Crippen LogP contribution in [0.5, 0.6) is 5.75 Å². The predicted molar refractivity (Wildman–Crippen MR) is 56.7 cm³/mol. The lowest BCUT2D eigenvalue weighted by atomic mass is 10.3. The van der Waals surface area contributed by atoms with Crippen LogP contribution in [0.1, 0.15) is 6.92 Å². The van der Waals surface area contributed by atoms with Gasteiger partial charge >= 0.3 is 0 Å². The Morgan fingerprint density at radius 3 is 2.62 bits per heavy atom. The van der Waals surface area contributed by atoms with Crippen LogP contribution in [-0.2, 0) is 9.84 Å². The van der Waals surface area contributed by atoms with Gasteiger partial charge in [-0.2, -0.15) is 0 Å². The molecule has 16 heavy (non-hydrogen) atoms. The van der Waals surface area contributed by atoms with Crippen LogP contribution in [0.3, 0.4) is 0 Å². The number of halogens is 1. The van der Waals surface area contributed by atoms with E-state index in [1.807, 2.05) is 0 Å². The first-order chi connectivity index (χ1) is 7.32. The summed E-state index contributed by atoms with van der Waals surface area (Å²) in [6, 6.07) is 3.86. The molecule has 1 aromatic rings. The van der Waals surface area contributed by atoms with Crippen LogP contribution in [0.2, 0.25) is 0 Å². The van der Waals surface area contributed by atoms with E-state index in [4.69, 9.17) is 9.84 Å². The van der Waals surface area contributed by atoms with E-state index in [0.29, 0.717) is 0 Å². The molecule has 4 nitrogen and oxygen atoms in total. The minimum absolute atomic E-state index is 0.0931. The minimum atomic E-state index is -3.61. The highest BCUT2D eigenvalue weighted by atomic mass is 32.2. The van der Waals surface area contributed by atoms with Gasteiger partial charge in [0.25, 0.3) is 0 Å². The number of hydrogen-bond acceptors (Lipinski definition) is 4. The maximum Gasteiger partial charge on any atom is 0.183 e. The lowest BCUT2D eigenvalue weighted by molar-refractivity contribution is 0.120. The van der Waals surface area contributed by atoms with Crippen LogP contribution < -0.4 is 4.74 Å². The van der Waals surface area contributed by atoms with Gasteiger partial charge in [-0.1, -0.05) is 6.07 Å². The first-order valence-corrected chi connectivity index (χ1v) is 6.51. The van der Waals surface area contributed by atoms with Gasteiger partial charge in [-0.3, -0.25) is 0 Å². The number of ether oxygens (including phenoxy) is 1. The van der Waals surface area contributed by atoms with Crippen molar-refractivity contribution in [1.82, 2.24) is 0 Å². The highest BCUT2D eigenvalue weighted by molar-refractivity contribution is 7.90. The molecule has 0 aliphatic rings. The molecular weight excluding hydrogens is 235 g/mol. The number of aliphatic hydroxyl groups excluding tert-OH is 1. The Morgan fingerprint density at radius 1 is 1.50 bits per heavy atom. The molecule has 0 saturated carbocycles. The van der Waals surface area contributed by atoms with Crippen molar-refractivity contribution < 1.29 is 22.7 Å². The molecule has 90 valence electrons. The monoisotopic (exact) mass is 248 g/mol. The summed E-state index contributed by atoms with van der Waals surface area (Å²) in [5, 5.41) is 8.97. The van der Waals surface area contributed by atoms with Gasteiger partial charge in [0.15, 0.2) is 21.4 Å². The summed E-state index contributed by atoms with van der Waals surface area (Å²) < 4.78 is 41.0. The highest BCUT2D eigenvalue weighted by Gasteiger charge is 2.17. The van der Waals surface area contributed by atoms with E-state index in [9.17, 15) is 12.8 Å². The van der Waals surface area contributed by atoms with E-state index in [1.54, 1.807) is 0 Å². The Labute approximate surface area is 93.6 Å². The summed E-state index contributed by atoms with van der Waals surface area (Å²) in [6.45, 7) is 1.39. The number of benzene rings is 1. The lowest BCUT2D eigenvalue weighted by Gasteiger charge is -2.10. The number of sulfone groups is 1. The summed E-state index contributed by atoms with van der Waals surface area (Å²) in [4.78, 5) is -0.407. The smallest absolute Gasteiger partial charge is 0.183 e. The van der Waals surface area contributed by atoms with Gasteiger partial charge in [-0.25, -0.2) is 12.8 Å². The zero-order valence-electron chi connectivity index (χ0n) is 8.97. The Morgan fingerprint density at radius 2 is 2.12 bits per heavy atom. The minimum Gasteiger partial charge on any atom is -0.488 e. The Balaban J connectivity index is 3.05. The van der Waals surface area contributed by atoms with Crippen LogP contribution in [0.25, 0.3) is 0 Å². The molecule has 1 N–H and O–H groups in total. The molecule has 0 bridgehead atoms. The normalized spacial score (nSPS) is 13.5. The third kappa shape index (κ3) is 3.18. The van der Waals surface area contributed by atoms with Gasteiger partial charge in [-0.15, -0.1) is 0 Å². The fraction of sp³-hybridized carbons (Fsp3) is 0.400. The molecule has 0 heterocycles. The molecule has 1 aromatic carbocycles. The second-order valence-corrected chi connectivity index (χ2v) is 5.48. The molecule has 0 spiro atoms. The fourth-order valence-electron chi connectivity index (χ4n) is 1.10. The largest absolute Gasteiger partial charge is 0.488 e. The molecule has 0 fully saturated rings. The van der Waals surface area contributed by atoms with Crippen molar-refractivity contribution in [2.45, 2.75) is 17.9 Å². The Kier molecular flexibility index (Phi) is 3.88. The average Bonchev–Trinajstić information content (AvgIpc) is 2.14. The summed E-state index contributed by atoms with van der Waals surface area (Å²) in [6.07, 6.45) is 0.172. The zero-order valence-corrected chi connectivity index (χ0v) is 9.79. The highest BCUT2D eigenvalue weighted by Crippen LogP contribution is 2.23. The second kappa shape index (κ2) is 4.80. The van der Waals surface area contributed by atoms with Crippen molar-refractivity contribution in [2.75, 3.05) is 12.9 Å². The summed E-state index contributed by atoms with van der Waals surface area (Å²) in [5.74, 6) is -1.10. The lowest BCUT2D eigenvalue weighted by Crippen LogP contribution is -2.14. The van der Waals surface area contributed by atoms with Gasteiger partial charge in [0.2, 0.25) is 0 Å². The van der Waals surface area contributed by atoms with Crippen LogP contribution in [-0.4, -0.2) is 32.5 Å². The molecule has 0 amide bonds. The third-order valence-electron chi connectivity index (χ3n) is 1.81. The van der Waals surface area contributed by atoms with Gasteiger partial charge < -0.3 is 9.84 Å². The molecule has 0 aliphatic carbocycles. The molecule has 0 aliphatic heterocycles. The maximum absolute atomic E-state index is 13.6. The van der Waals surface area contributed by atoms with E-state index >= 15 is 0 Å². The van der Waals surface area contributed by atoms with Crippen molar-refractivity contribution in [3.05, 3.63) is 24.0 Å². The Hall–Kier alpha value is -1.14. The van der Waals surface area contributed by atoms with Crippen molar-refractivity contribution in [2.24, 2.45) is 0 Å². The topological polar surface area (TPSA) is 63.6 Å². The van der Waals surface area contributed by atoms with Gasteiger partial charge in [-0.05, 0) is 19.1 Å². The summed E-state index contributed by atoms with van der Waals surface area (Å²) in [7, 11) is -3.61. The molecular formula is C10H13FO4S. The maximum atomic E-state index is 13.6. The molecule has 1 rings (SSSR count). The van der Waals surface area contributed by atoms with Crippen molar-refractivity contribution in [3.8, 4) is 5.75 Å². The first kappa shape index (κ1) is 12.9.